The fraction of sp³-hybridized carbons (Fsp3) is 0.545. The lowest BCUT2D eigenvalue weighted by Crippen LogP contribution is -2.28. The Morgan fingerprint density at radius 2 is 2.53 bits per heavy atom. The van der Waals surface area contributed by atoms with E-state index in [2.05, 4.69) is 16.9 Å². The Bertz CT molecular complexity index is 323. The van der Waals surface area contributed by atoms with Crippen LogP contribution < -0.4 is 10.6 Å². The van der Waals surface area contributed by atoms with Gasteiger partial charge in [-0.25, -0.2) is 4.98 Å². The average molecular weight is 207 g/mol. The molecule has 0 bridgehead atoms. The van der Waals surface area contributed by atoms with Crippen LogP contribution in [0.4, 0.5) is 11.5 Å². The first-order valence-electron chi connectivity index (χ1n) is 5.30. The van der Waals surface area contributed by atoms with Crippen LogP contribution in [0.5, 0.6) is 0 Å². The molecule has 1 atom stereocenters. The van der Waals surface area contributed by atoms with Gasteiger partial charge in [0.25, 0.3) is 0 Å². The van der Waals surface area contributed by atoms with Crippen LogP contribution in [0.3, 0.4) is 0 Å². The standard InChI is InChI=1S/C11H17N3O/c1-14(8-10-3-2-6-15-10)9-4-5-13-11(12)7-9/h4-5,7,10H,2-3,6,8H2,1H3,(H2,12,13). The van der Waals surface area contributed by atoms with Gasteiger partial charge in [-0.05, 0) is 18.9 Å². The summed E-state index contributed by atoms with van der Waals surface area (Å²) in [5.41, 5.74) is 6.73. The van der Waals surface area contributed by atoms with Gasteiger partial charge in [0, 0.05) is 38.1 Å². The van der Waals surface area contributed by atoms with E-state index in [4.69, 9.17) is 10.5 Å². The van der Waals surface area contributed by atoms with Gasteiger partial charge in [-0.15, -0.1) is 0 Å². The third kappa shape index (κ3) is 2.59. The van der Waals surface area contributed by atoms with Crippen molar-refractivity contribution in [1.29, 1.82) is 0 Å². The molecule has 0 spiro atoms. The van der Waals surface area contributed by atoms with Gasteiger partial charge >= 0.3 is 0 Å². The molecule has 2 N–H and O–H groups in total. The summed E-state index contributed by atoms with van der Waals surface area (Å²) in [7, 11) is 2.05. The van der Waals surface area contributed by atoms with Gasteiger partial charge in [-0.2, -0.15) is 0 Å². The van der Waals surface area contributed by atoms with Gasteiger partial charge in [-0.1, -0.05) is 0 Å². The van der Waals surface area contributed by atoms with E-state index in [9.17, 15) is 0 Å². The quantitative estimate of drug-likeness (QED) is 0.811. The summed E-state index contributed by atoms with van der Waals surface area (Å²) in [5, 5.41) is 0. The summed E-state index contributed by atoms with van der Waals surface area (Å²) >= 11 is 0. The predicted octanol–water partition coefficient (Wildman–Crippen LogP) is 1.28. The maximum Gasteiger partial charge on any atom is 0.125 e. The average Bonchev–Trinajstić information content (AvgIpc) is 2.70. The lowest BCUT2D eigenvalue weighted by Gasteiger charge is -2.22. The third-order valence-electron chi connectivity index (χ3n) is 2.71. The second kappa shape index (κ2) is 4.49. The van der Waals surface area contributed by atoms with Crippen LogP contribution in [-0.4, -0.2) is 31.3 Å². The Morgan fingerprint density at radius 1 is 1.67 bits per heavy atom. The van der Waals surface area contributed by atoms with E-state index in [0.29, 0.717) is 11.9 Å². The van der Waals surface area contributed by atoms with Gasteiger partial charge in [0.05, 0.1) is 6.10 Å². The van der Waals surface area contributed by atoms with Crippen LogP contribution in [0.2, 0.25) is 0 Å². The summed E-state index contributed by atoms with van der Waals surface area (Å²) in [6.45, 7) is 1.82. The molecule has 0 aromatic carbocycles. The number of anilines is 2. The molecule has 82 valence electrons. The molecular weight excluding hydrogens is 190 g/mol. The minimum Gasteiger partial charge on any atom is -0.384 e. The zero-order valence-corrected chi connectivity index (χ0v) is 9.02. The Kier molecular flexibility index (Phi) is 3.06. The lowest BCUT2D eigenvalue weighted by molar-refractivity contribution is 0.116. The minimum atomic E-state index is 0.365. The highest BCUT2D eigenvalue weighted by atomic mass is 16.5. The Balaban J connectivity index is 1.97. The molecule has 1 saturated heterocycles. The molecule has 0 amide bonds. The maximum atomic E-state index is 5.64. The van der Waals surface area contributed by atoms with Crippen molar-refractivity contribution in [2.24, 2.45) is 0 Å². The second-order valence-corrected chi connectivity index (χ2v) is 3.95. The van der Waals surface area contributed by atoms with Crippen LogP contribution in [0.15, 0.2) is 18.3 Å². The predicted molar refractivity (Wildman–Crippen MR) is 60.9 cm³/mol. The van der Waals surface area contributed by atoms with Crippen LogP contribution in [0.25, 0.3) is 0 Å². The number of pyridine rings is 1. The number of nitrogen functional groups attached to an aromatic ring is 1. The number of likely N-dealkylation sites (N-methyl/N-ethyl adjacent to an activating group) is 1. The van der Waals surface area contributed by atoms with Crippen molar-refractivity contribution in [3.05, 3.63) is 18.3 Å². The Morgan fingerprint density at radius 3 is 3.20 bits per heavy atom. The van der Waals surface area contributed by atoms with Crippen molar-refractivity contribution in [1.82, 2.24) is 4.98 Å². The molecule has 4 nitrogen and oxygen atoms in total. The SMILES string of the molecule is CN(CC1CCCO1)c1ccnc(N)c1. The van der Waals surface area contributed by atoms with Gasteiger partial charge < -0.3 is 15.4 Å². The highest BCUT2D eigenvalue weighted by molar-refractivity contribution is 5.51. The van der Waals surface area contributed by atoms with Crippen LogP contribution in [-0.2, 0) is 4.74 Å². The first-order chi connectivity index (χ1) is 7.25. The maximum absolute atomic E-state index is 5.64. The number of rotatable bonds is 3. The van der Waals surface area contributed by atoms with E-state index in [1.165, 1.54) is 6.42 Å². The zero-order chi connectivity index (χ0) is 10.7. The van der Waals surface area contributed by atoms with Crippen LogP contribution in [0.1, 0.15) is 12.8 Å². The molecule has 2 rings (SSSR count). The van der Waals surface area contributed by atoms with Crippen molar-refractivity contribution < 1.29 is 4.74 Å². The molecule has 0 aliphatic carbocycles. The van der Waals surface area contributed by atoms with Crippen molar-refractivity contribution in [3.63, 3.8) is 0 Å². The normalized spacial score (nSPS) is 20.5. The number of aromatic nitrogens is 1. The molecule has 4 heteroatoms. The van der Waals surface area contributed by atoms with Gasteiger partial charge in [0.2, 0.25) is 0 Å². The first kappa shape index (κ1) is 10.2. The fourth-order valence-electron chi connectivity index (χ4n) is 1.87. The fourth-order valence-corrected chi connectivity index (χ4v) is 1.87. The van der Waals surface area contributed by atoms with E-state index in [-0.39, 0.29) is 0 Å². The summed E-state index contributed by atoms with van der Waals surface area (Å²) in [6.07, 6.45) is 4.43. The summed E-state index contributed by atoms with van der Waals surface area (Å²) in [5.74, 6) is 0.562. The minimum absolute atomic E-state index is 0.365. The topological polar surface area (TPSA) is 51.4 Å². The van der Waals surface area contributed by atoms with Crippen molar-refractivity contribution in [3.8, 4) is 0 Å². The van der Waals surface area contributed by atoms with Gasteiger partial charge in [-0.3, -0.25) is 0 Å². The highest BCUT2D eigenvalue weighted by Gasteiger charge is 2.17. The molecule has 1 aliphatic rings. The Hall–Kier alpha value is -1.29. The largest absolute Gasteiger partial charge is 0.384 e. The molecule has 15 heavy (non-hydrogen) atoms. The number of hydrogen-bond donors (Lipinski definition) is 1. The summed E-state index contributed by atoms with van der Waals surface area (Å²) in [6, 6.07) is 3.85. The monoisotopic (exact) mass is 207 g/mol. The number of nitrogens with zero attached hydrogens (tertiary/aromatic N) is 2. The van der Waals surface area contributed by atoms with E-state index < -0.39 is 0 Å². The van der Waals surface area contributed by atoms with E-state index in [1.807, 2.05) is 12.1 Å². The van der Waals surface area contributed by atoms with Crippen LogP contribution >= 0.6 is 0 Å². The zero-order valence-electron chi connectivity index (χ0n) is 9.02. The molecule has 1 aromatic rings. The Labute approximate surface area is 90.0 Å². The van der Waals surface area contributed by atoms with Gasteiger partial charge in [0.15, 0.2) is 0 Å². The molecule has 0 radical (unpaired) electrons. The summed E-state index contributed by atoms with van der Waals surface area (Å²) < 4.78 is 5.59. The number of hydrogen-bond acceptors (Lipinski definition) is 4. The van der Waals surface area contributed by atoms with E-state index in [0.717, 1.165) is 25.3 Å². The van der Waals surface area contributed by atoms with Crippen molar-refractivity contribution in [2.75, 3.05) is 30.8 Å². The van der Waals surface area contributed by atoms with Crippen molar-refractivity contribution >= 4 is 11.5 Å². The molecule has 0 saturated carbocycles. The lowest BCUT2D eigenvalue weighted by atomic mass is 10.2. The molecule has 2 heterocycles. The van der Waals surface area contributed by atoms with Crippen LogP contribution in [0, 0.1) is 0 Å². The van der Waals surface area contributed by atoms with Crippen molar-refractivity contribution in [2.45, 2.75) is 18.9 Å². The first-order valence-corrected chi connectivity index (χ1v) is 5.30. The molecule has 1 aromatic heterocycles. The summed E-state index contributed by atoms with van der Waals surface area (Å²) in [4.78, 5) is 6.13. The molecule has 1 aliphatic heterocycles. The number of nitrogens with two attached hydrogens (primary N) is 1. The van der Waals surface area contributed by atoms with E-state index >= 15 is 0 Å². The van der Waals surface area contributed by atoms with Gasteiger partial charge in [0.1, 0.15) is 5.82 Å². The molecule has 1 unspecified atom stereocenters. The number of ether oxygens (including phenoxy) is 1. The molecule has 1 fully saturated rings. The highest BCUT2D eigenvalue weighted by Crippen LogP contribution is 2.18. The third-order valence-corrected chi connectivity index (χ3v) is 2.71. The van der Waals surface area contributed by atoms with E-state index in [1.54, 1.807) is 6.20 Å². The molecular formula is C11H17N3O. The smallest absolute Gasteiger partial charge is 0.125 e. The second-order valence-electron chi connectivity index (χ2n) is 3.95.